The number of anilines is 1. The Labute approximate surface area is 115 Å². The van der Waals surface area contributed by atoms with Crippen molar-refractivity contribution >= 4 is 5.69 Å². The van der Waals surface area contributed by atoms with Gasteiger partial charge in [0.2, 0.25) is 0 Å². The van der Waals surface area contributed by atoms with E-state index in [1.165, 1.54) is 16.9 Å². The van der Waals surface area contributed by atoms with E-state index in [1.54, 1.807) is 0 Å². The highest BCUT2D eigenvalue weighted by Gasteiger charge is 2.05. The minimum Gasteiger partial charge on any atom is -0.379 e. The molecule has 3 nitrogen and oxygen atoms in total. The van der Waals surface area contributed by atoms with E-state index in [1.807, 2.05) is 12.3 Å². The van der Waals surface area contributed by atoms with Crippen molar-refractivity contribution in [2.75, 3.05) is 18.4 Å². The van der Waals surface area contributed by atoms with Crippen LogP contribution in [0.2, 0.25) is 0 Å². The van der Waals surface area contributed by atoms with E-state index in [4.69, 9.17) is 0 Å². The predicted molar refractivity (Wildman–Crippen MR) is 81.2 cm³/mol. The van der Waals surface area contributed by atoms with Crippen molar-refractivity contribution < 1.29 is 0 Å². The molecule has 0 fully saturated rings. The molecule has 2 rings (SSSR count). The van der Waals surface area contributed by atoms with E-state index >= 15 is 0 Å². The fraction of sp³-hybridized carbons (Fsp3) is 0.375. The quantitative estimate of drug-likeness (QED) is 0.795. The van der Waals surface area contributed by atoms with Crippen LogP contribution in [-0.4, -0.2) is 23.0 Å². The van der Waals surface area contributed by atoms with Crippen molar-refractivity contribution in [1.29, 1.82) is 0 Å². The average Bonchev–Trinajstić information content (AvgIpc) is 2.97. The monoisotopic (exact) mass is 257 g/mol. The number of nitrogens with zero attached hydrogens (tertiary/aromatic N) is 1. The summed E-state index contributed by atoms with van der Waals surface area (Å²) in [6.07, 6.45) is 1.96. The molecular formula is C16H23N3. The molecule has 1 heterocycles. The molecule has 2 aromatic rings. The number of rotatable bonds is 7. The first kappa shape index (κ1) is 13.7. The molecule has 0 bridgehead atoms. The first-order chi connectivity index (χ1) is 9.33. The Morgan fingerprint density at radius 3 is 2.53 bits per heavy atom. The lowest BCUT2D eigenvalue weighted by molar-refractivity contribution is 0.296. The van der Waals surface area contributed by atoms with Crippen molar-refractivity contribution in [1.82, 2.24) is 9.88 Å². The molecule has 0 radical (unpaired) electrons. The number of hydrogen-bond donors (Lipinski definition) is 2. The maximum absolute atomic E-state index is 3.51. The first-order valence-electron chi connectivity index (χ1n) is 6.99. The van der Waals surface area contributed by atoms with Crippen molar-refractivity contribution in [2.24, 2.45) is 0 Å². The van der Waals surface area contributed by atoms with Gasteiger partial charge in [-0.2, -0.15) is 0 Å². The number of para-hydroxylation sites is 1. The predicted octanol–water partition coefficient (Wildman–Crippen LogP) is 3.47. The molecule has 3 heteroatoms. The smallest absolute Gasteiger partial charge is 0.0551 e. The topological polar surface area (TPSA) is 31.1 Å². The highest BCUT2D eigenvalue weighted by Crippen LogP contribution is 2.17. The van der Waals surface area contributed by atoms with Crippen LogP contribution >= 0.6 is 0 Å². The normalized spacial score (nSPS) is 10.9. The lowest BCUT2D eigenvalue weighted by atomic mass is 10.1. The zero-order valence-electron chi connectivity index (χ0n) is 11.8. The van der Waals surface area contributed by atoms with Crippen molar-refractivity contribution in [3.8, 4) is 0 Å². The summed E-state index contributed by atoms with van der Waals surface area (Å²) in [7, 11) is 0. The third-order valence-electron chi connectivity index (χ3n) is 3.44. The van der Waals surface area contributed by atoms with Crippen molar-refractivity contribution in [3.63, 3.8) is 0 Å². The molecule has 0 saturated heterocycles. The zero-order chi connectivity index (χ0) is 13.5. The van der Waals surface area contributed by atoms with Crippen LogP contribution in [0, 0.1) is 0 Å². The van der Waals surface area contributed by atoms with Crippen LogP contribution in [0.3, 0.4) is 0 Å². The Hall–Kier alpha value is -1.74. The zero-order valence-corrected chi connectivity index (χ0v) is 11.8. The number of aromatic amines is 1. The molecule has 2 N–H and O–H groups in total. The fourth-order valence-corrected chi connectivity index (χ4v) is 2.19. The maximum Gasteiger partial charge on any atom is 0.0551 e. The second-order valence-electron chi connectivity index (χ2n) is 4.67. The van der Waals surface area contributed by atoms with Crippen molar-refractivity contribution in [3.05, 3.63) is 53.9 Å². The molecule has 1 aromatic heterocycles. The molecule has 0 amide bonds. The summed E-state index contributed by atoms with van der Waals surface area (Å²) < 4.78 is 0. The first-order valence-corrected chi connectivity index (χ1v) is 6.99. The van der Waals surface area contributed by atoms with Gasteiger partial charge in [0.25, 0.3) is 0 Å². The Bertz CT molecular complexity index is 472. The van der Waals surface area contributed by atoms with Crippen LogP contribution < -0.4 is 5.32 Å². The van der Waals surface area contributed by atoms with E-state index in [-0.39, 0.29) is 0 Å². The van der Waals surface area contributed by atoms with Gasteiger partial charge in [-0.15, -0.1) is 0 Å². The summed E-state index contributed by atoms with van der Waals surface area (Å²) in [6.45, 7) is 8.42. The van der Waals surface area contributed by atoms with E-state index in [0.29, 0.717) is 0 Å². The molecule has 0 atom stereocenters. The summed E-state index contributed by atoms with van der Waals surface area (Å²) >= 11 is 0. The highest BCUT2D eigenvalue weighted by atomic mass is 15.1. The van der Waals surface area contributed by atoms with E-state index in [0.717, 1.165) is 26.2 Å². The second kappa shape index (κ2) is 7.00. The number of H-pyrrole nitrogens is 1. The van der Waals surface area contributed by atoms with Crippen LogP contribution in [0.15, 0.2) is 42.6 Å². The number of nitrogens with one attached hydrogen (secondary N) is 2. The molecule has 0 aliphatic rings. The standard InChI is InChI=1S/C16H23N3/c1-3-19(4-2)13-14-8-5-6-10-16(14)18-12-15-9-7-11-17-15/h5-11,17-18H,3-4,12-13H2,1-2H3. The van der Waals surface area contributed by atoms with Gasteiger partial charge in [-0.25, -0.2) is 0 Å². The van der Waals surface area contributed by atoms with Gasteiger partial charge in [-0.1, -0.05) is 32.0 Å². The number of hydrogen-bond acceptors (Lipinski definition) is 2. The molecule has 1 aromatic carbocycles. The summed E-state index contributed by atoms with van der Waals surface area (Å²) in [4.78, 5) is 5.64. The van der Waals surface area contributed by atoms with Gasteiger partial charge >= 0.3 is 0 Å². The second-order valence-corrected chi connectivity index (χ2v) is 4.67. The Kier molecular flexibility index (Phi) is 5.04. The molecule has 102 valence electrons. The van der Waals surface area contributed by atoms with Crippen LogP contribution in [0.1, 0.15) is 25.1 Å². The molecule has 0 unspecified atom stereocenters. The van der Waals surface area contributed by atoms with E-state index in [9.17, 15) is 0 Å². The summed E-state index contributed by atoms with van der Waals surface area (Å²) in [5.74, 6) is 0. The third-order valence-corrected chi connectivity index (χ3v) is 3.44. The van der Waals surface area contributed by atoms with Gasteiger partial charge in [0.1, 0.15) is 0 Å². The number of benzene rings is 1. The van der Waals surface area contributed by atoms with Crippen LogP contribution in [-0.2, 0) is 13.1 Å². The fourth-order valence-electron chi connectivity index (χ4n) is 2.19. The summed E-state index contributed by atoms with van der Waals surface area (Å²) in [5.41, 5.74) is 3.79. The van der Waals surface area contributed by atoms with Gasteiger partial charge in [0, 0.05) is 24.1 Å². The van der Waals surface area contributed by atoms with Crippen molar-refractivity contribution in [2.45, 2.75) is 26.9 Å². The summed E-state index contributed by atoms with van der Waals surface area (Å²) in [5, 5.41) is 3.51. The Morgan fingerprint density at radius 2 is 1.84 bits per heavy atom. The lowest BCUT2D eigenvalue weighted by Gasteiger charge is -2.20. The maximum atomic E-state index is 3.51. The third kappa shape index (κ3) is 3.86. The van der Waals surface area contributed by atoms with Gasteiger partial charge in [0.15, 0.2) is 0 Å². The highest BCUT2D eigenvalue weighted by molar-refractivity contribution is 5.51. The average molecular weight is 257 g/mol. The van der Waals surface area contributed by atoms with Crippen LogP contribution in [0.5, 0.6) is 0 Å². The van der Waals surface area contributed by atoms with Gasteiger partial charge < -0.3 is 10.3 Å². The SMILES string of the molecule is CCN(CC)Cc1ccccc1NCc1ccc[nH]1. The lowest BCUT2D eigenvalue weighted by Crippen LogP contribution is -2.22. The van der Waals surface area contributed by atoms with E-state index < -0.39 is 0 Å². The summed E-state index contributed by atoms with van der Waals surface area (Å²) in [6, 6.07) is 12.7. The van der Waals surface area contributed by atoms with E-state index in [2.05, 4.69) is 59.4 Å². The number of aromatic nitrogens is 1. The Balaban J connectivity index is 2.03. The molecular weight excluding hydrogens is 234 g/mol. The van der Waals surface area contributed by atoms with Gasteiger partial charge in [-0.3, -0.25) is 4.90 Å². The largest absolute Gasteiger partial charge is 0.379 e. The van der Waals surface area contributed by atoms with Crippen LogP contribution in [0.4, 0.5) is 5.69 Å². The molecule has 0 aliphatic heterocycles. The molecule has 19 heavy (non-hydrogen) atoms. The van der Waals surface area contributed by atoms with Gasteiger partial charge in [-0.05, 0) is 36.9 Å². The van der Waals surface area contributed by atoms with Gasteiger partial charge in [0.05, 0.1) is 6.54 Å². The molecule has 0 aliphatic carbocycles. The molecule has 0 saturated carbocycles. The molecule has 0 spiro atoms. The minimum absolute atomic E-state index is 0.836. The minimum atomic E-state index is 0.836. The Morgan fingerprint density at radius 1 is 1.05 bits per heavy atom. The van der Waals surface area contributed by atoms with Crippen LogP contribution in [0.25, 0.3) is 0 Å².